The van der Waals surface area contributed by atoms with Crippen LogP contribution in [0.4, 0.5) is 15.8 Å². The van der Waals surface area contributed by atoms with E-state index < -0.39 is 0 Å². The number of rotatable bonds is 4. The standard InChI is InChI=1S/C21H23FN2O2S/c1-21(2,3)12-18(25)23-16-9-7-14(8-10-16)20-24(19(26)13-27-20)17-6-4-5-15(22)11-17/h4-11,20H,12-13H2,1-3H3,(H,23,25). The number of benzene rings is 2. The second kappa shape index (κ2) is 7.72. The zero-order chi connectivity index (χ0) is 19.6. The lowest BCUT2D eigenvalue weighted by molar-refractivity contribution is -0.118. The Morgan fingerprint density at radius 1 is 1.22 bits per heavy atom. The lowest BCUT2D eigenvalue weighted by Crippen LogP contribution is -2.27. The average molecular weight is 386 g/mol. The van der Waals surface area contributed by atoms with E-state index in [-0.39, 0.29) is 28.4 Å². The molecule has 1 saturated heterocycles. The van der Waals surface area contributed by atoms with Gasteiger partial charge in [0.2, 0.25) is 11.8 Å². The average Bonchev–Trinajstić information content (AvgIpc) is 2.95. The van der Waals surface area contributed by atoms with Crippen molar-refractivity contribution in [1.82, 2.24) is 0 Å². The topological polar surface area (TPSA) is 49.4 Å². The number of nitrogens with one attached hydrogen (secondary N) is 1. The molecule has 2 aromatic carbocycles. The van der Waals surface area contributed by atoms with Crippen molar-refractivity contribution >= 4 is 35.0 Å². The minimum absolute atomic E-state index is 0.0259. The van der Waals surface area contributed by atoms with Gasteiger partial charge in [-0.05, 0) is 41.3 Å². The van der Waals surface area contributed by atoms with E-state index in [1.54, 1.807) is 17.0 Å². The first kappa shape index (κ1) is 19.4. The number of thioether (sulfide) groups is 1. The number of anilines is 2. The normalized spacial score (nSPS) is 17.3. The maximum atomic E-state index is 13.6. The van der Waals surface area contributed by atoms with E-state index in [2.05, 4.69) is 5.32 Å². The highest BCUT2D eigenvalue weighted by Gasteiger charge is 2.34. The van der Waals surface area contributed by atoms with Crippen LogP contribution in [0.3, 0.4) is 0 Å². The molecule has 1 heterocycles. The van der Waals surface area contributed by atoms with Crippen molar-refractivity contribution in [2.75, 3.05) is 16.0 Å². The Balaban J connectivity index is 1.76. The molecular formula is C21H23FN2O2S. The summed E-state index contributed by atoms with van der Waals surface area (Å²) in [5.74, 6) is -0.0845. The van der Waals surface area contributed by atoms with Gasteiger partial charge < -0.3 is 5.32 Å². The SMILES string of the molecule is CC(C)(C)CC(=O)Nc1ccc(C2SCC(=O)N2c2cccc(F)c2)cc1. The molecule has 0 aliphatic carbocycles. The van der Waals surface area contributed by atoms with Crippen LogP contribution in [0.15, 0.2) is 48.5 Å². The first-order chi connectivity index (χ1) is 12.7. The number of carbonyl (C=O) groups is 2. The highest BCUT2D eigenvalue weighted by molar-refractivity contribution is 8.00. The fraction of sp³-hybridized carbons (Fsp3) is 0.333. The molecule has 6 heteroatoms. The molecule has 0 aromatic heterocycles. The summed E-state index contributed by atoms with van der Waals surface area (Å²) in [6.07, 6.45) is 0.440. The minimum Gasteiger partial charge on any atom is -0.326 e. The molecule has 1 atom stereocenters. The molecule has 3 rings (SSSR count). The Morgan fingerprint density at radius 2 is 1.93 bits per heavy atom. The van der Waals surface area contributed by atoms with E-state index in [0.717, 1.165) is 11.3 Å². The molecule has 1 aliphatic heterocycles. The van der Waals surface area contributed by atoms with Gasteiger partial charge in [0.15, 0.2) is 0 Å². The number of carbonyl (C=O) groups excluding carboxylic acids is 2. The van der Waals surface area contributed by atoms with E-state index in [9.17, 15) is 14.0 Å². The molecule has 27 heavy (non-hydrogen) atoms. The summed E-state index contributed by atoms with van der Waals surface area (Å²) in [4.78, 5) is 26.0. The predicted molar refractivity (Wildman–Crippen MR) is 108 cm³/mol. The van der Waals surface area contributed by atoms with Crippen molar-refractivity contribution in [1.29, 1.82) is 0 Å². The van der Waals surface area contributed by atoms with Crippen LogP contribution < -0.4 is 10.2 Å². The zero-order valence-corrected chi connectivity index (χ0v) is 16.5. The van der Waals surface area contributed by atoms with Crippen LogP contribution in [0.25, 0.3) is 0 Å². The quantitative estimate of drug-likeness (QED) is 0.806. The smallest absolute Gasteiger partial charge is 0.238 e. The van der Waals surface area contributed by atoms with Gasteiger partial charge in [-0.3, -0.25) is 14.5 Å². The molecule has 2 aromatic rings. The molecular weight excluding hydrogens is 363 g/mol. The van der Waals surface area contributed by atoms with Crippen LogP contribution in [-0.2, 0) is 9.59 Å². The van der Waals surface area contributed by atoms with Gasteiger partial charge in [0.05, 0.1) is 5.75 Å². The lowest BCUT2D eigenvalue weighted by atomic mass is 9.92. The molecule has 1 unspecified atom stereocenters. The summed E-state index contributed by atoms with van der Waals surface area (Å²) in [6.45, 7) is 6.06. The van der Waals surface area contributed by atoms with E-state index in [0.29, 0.717) is 17.9 Å². The predicted octanol–water partition coefficient (Wildman–Crippen LogP) is 4.98. The molecule has 1 N–H and O–H groups in total. The van der Waals surface area contributed by atoms with Gasteiger partial charge in [0.1, 0.15) is 11.2 Å². The summed E-state index contributed by atoms with van der Waals surface area (Å²) >= 11 is 1.51. The molecule has 0 spiro atoms. The van der Waals surface area contributed by atoms with Gasteiger partial charge in [-0.15, -0.1) is 11.8 Å². The molecule has 142 valence electrons. The third-order valence-corrected chi connectivity index (χ3v) is 5.34. The molecule has 2 amide bonds. The van der Waals surface area contributed by atoms with Gasteiger partial charge >= 0.3 is 0 Å². The Labute approximate surface area is 163 Å². The molecule has 1 fully saturated rings. The molecule has 0 radical (unpaired) electrons. The van der Waals surface area contributed by atoms with Gasteiger partial charge in [0.25, 0.3) is 0 Å². The van der Waals surface area contributed by atoms with Gasteiger partial charge in [-0.2, -0.15) is 0 Å². The summed E-state index contributed by atoms with van der Waals surface area (Å²) in [6, 6.07) is 13.5. The minimum atomic E-state index is -0.368. The maximum Gasteiger partial charge on any atom is 0.238 e. The number of nitrogens with zero attached hydrogens (tertiary/aromatic N) is 1. The van der Waals surface area contributed by atoms with E-state index in [1.807, 2.05) is 45.0 Å². The summed E-state index contributed by atoms with van der Waals surface area (Å²) in [5, 5.41) is 2.69. The van der Waals surface area contributed by atoms with Gasteiger partial charge in [0, 0.05) is 17.8 Å². The number of amides is 2. The molecule has 0 saturated carbocycles. The van der Waals surface area contributed by atoms with E-state index in [1.165, 1.54) is 23.9 Å². The van der Waals surface area contributed by atoms with Crippen LogP contribution in [0.1, 0.15) is 38.1 Å². The van der Waals surface area contributed by atoms with Crippen molar-refractivity contribution in [3.63, 3.8) is 0 Å². The Bertz CT molecular complexity index is 846. The molecule has 0 bridgehead atoms. The summed E-state index contributed by atoms with van der Waals surface area (Å²) in [5.41, 5.74) is 2.14. The van der Waals surface area contributed by atoms with Crippen LogP contribution in [0.2, 0.25) is 0 Å². The Kier molecular flexibility index (Phi) is 5.56. The fourth-order valence-electron chi connectivity index (χ4n) is 2.99. The number of halogens is 1. The van der Waals surface area contributed by atoms with Crippen molar-refractivity contribution < 1.29 is 14.0 Å². The Morgan fingerprint density at radius 3 is 2.56 bits per heavy atom. The van der Waals surface area contributed by atoms with Crippen LogP contribution in [-0.4, -0.2) is 17.6 Å². The van der Waals surface area contributed by atoms with Crippen molar-refractivity contribution in [3.8, 4) is 0 Å². The first-order valence-corrected chi connectivity index (χ1v) is 9.87. The van der Waals surface area contributed by atoms with Crippen molar-refractivity contribution in [3.05, 3.63) is 59.9 Å². The molecule has 1 aliphatic rings. The van der Waals surface area contributed by atoms with E-state index >= 15 is 0 Å². The second-order valence-electron chi connectivity index (χ2n) is 7.81. The number of hydrogen-bond acceptors (Lipinski definition) is 3. The third kappa shape index (κ3) is 4.89. The van der Waals surface area contributed by atoms with Crippen LogP contribution >= 0.6 is 11.8 Å². The highest BCUT2D eigenvalue weighted by Crippen LogP contribution is 2.42. The van der Waals surface area contributed by atoms with Crippen molar-refractivity contribution in [2.45, 2.75) is 32.6 Å². The zero-order valence-electron chi connectivity index (χ0n) is 15.7. The van der Waals surface area contributed by atoms with Gasteiger partial charge in [-0.1, -0.05) is 39.0 Å². The highest BCUT2D eigenvalue weighted by atomic mass is 32.2. The largest absolute Gasteiger partial charge is 0.326 e. The Hall–Kier alpha value is -2.34. The molecule has 4 nitrogen and oxygen atoms in total. The van der Waals surface area contributed by atoms with Crippen LogP contribution in [0, 0.1) is 11.2 Å². The lowest BCUT2D eigenvalue weighted by Gasteiger charge is -2.24. The fourth-order valence-corrected chi connectivity index (χ4v) is 4.17. The number of hydrogen-bond donors (Lipinski definition) is 1. The summed E-state index contributed by atoms with van der Waals surface area (Å²) in [7, 11) is 0. The monoisotopic (exact) mass is 386 g/mol. The second-order valence-corrected chi connectivity index (χ2v) is 8.88. The van der Waals surface area contributed by atoms with E-state index in [4.69, 9.17) is 0 Å². The van der Waals surface area contributed by atoms with Crippen LogP contribution in [0.5, 0.6) is 0 Å². The summed E-state index contributed by atoms with van der Waals surface area (Å²) < 4.78 is 13.6. The van der Waals surface area contributed by atoms with Gasteiger partial charge in [-0.25, -0.2) is 4.39 Å². The maximum absolute atomic E-state index is 13.6. The third-order valence-electron chi connectivity index (χ3n) is 4.12. The van der Waals surface area contributed by atoms with Crippen molar-refractivity contribution in [2.24, 2.45) is 5.41 Å². The first-order valence-electron chi connectivity index (χ1n) is 8.82.